The average Bonchev–Trinajstić information content (AvgIpc) is 3.30. The molecule has 0 saturated heterocycles. The Hall–Kier alpha value is -3.07. The van der Waals surface area contributed by atoms with Crippen LogP contribution >= 0.6 is 11.8 Å². The fourth-order valence-electron chi connectivity index (χ4n) is 2.68. The number of nitrogens with one attached hydrogen (secondary N) is 1. The lowest BCUT2D eigenvalue weighted by atomic mass is 10.1. The van der Waals surface area contributed by atoms with E-state index in [0.29, 0.717) is 22.4 Å². The second kappa shape index (κ2) is 6.10. The van der Waals surface area contributed by atoms with E-state index in [0.717, 1.165) is 5.70 Å². The number of thioether (sulfide) groups is 1. The van der Waals surface area contributed by atoms with Crippen molar-refractivity contribution in [1.29, 1.82) is 0 Å². The highest BCUT2D eigenvalue weighted by atomic mass is 32.2. The molecule has 1 N–H and O–H groups in total. The lowest BCUT2D eigenvalue weighted by Crippen LogP contribution is -2.19. The van der Waals surface area contributed by atoms with E-state index in [9.17, 15) is 10.1 Å². The van der Waals surface area contributed by atoms with Gasteiger partial charge in [0.05, 0.1) is 11.2 Å². The van der Waals surface area contributed by atoms with Crippen molar-refractivity contribution in [2.45, 2.75) is 11.2 Å². The van der Waals surface area contributed by atoms with Gasteiger partial charge in [0, 0.05) is 23.4 Å². The fourth-order valence-corrected chi connectivity index (χ4v) is 3.02. The van der Waals surface area contributed by atoms with E-state index >= 15 is 0 Å². The molecule has 1 atom stereocenters. The molecule has 2 aromatic heterocycles. The van der Waals surface area contributed by atoms with Crippen molar-refractivity contribution in [3.05, 3.63) is 70.2 Å². The first-order valence-corrected chi connectivity index (χ1v) is 8.66. The second-order valence-electron chi connectivity index (χ2n) is 5.34. The molecule has 1 aliphatic rings. The maximum atomic E-state index is 11.0. The molecule has 3 heterocycles. The summed E-state index contributed by atoms with van der Waals surface area (Å²) in [6.45, 7) is 0. The minimum Gasteiger partial charge on any atom is -0.467 e. The van der Waals surface area contributed by atoms with E-state index in [1.165, 1.54) is 23.9 Å². The van der Waals surface area contributed by atoms with Gasteiger partial charge in [-0.1, -0.05) is 23.9 Å². The van der Waals surface area contributed by atoms with E-state index in [1.54, 1.807) is 17.0 Å². The molecule has 25 heavy (non-hydrogen) atoms. The van der Waals surface area contributed by atoms with Crippen LogP contribution in [0, 0.1) is 10.1 Å². The highest BCUT2D eigenvalue weighted by Gasteiger charge is 2.27. The molecule has 0 aliphatic carbocycles. The molecular formula is C16H13N5O3S. The number of hydrogen-bond donors (Lipinski definition) is 1. The van der Waals surface area contributed by atoms with Gasteiger partial charge >= 0.3 is 0 Å². The number of fused-ring (bicyclic) bond motifs is 1. The van der Waals surface area contributed by atoms with Crippen LogP contribution < -0.4 is 5.32 Å². The number of furan rings is 1. The zero-order chi connectivity index (χ0) is 17.4. The topological polar surface area (TPSA) is 99.0 Å². The van der Waals surface area contributed by atoms with Crippen LogP contribution in [0.1, 0.15) is 17.4 Å². The quantitative estimate of drug-likeness (QED) is 0.434. The van der Waals surface area contributed by atoms with Gasteiger partial charge in [0.1, 0.15) is 11.8 Å². The molecule has 1 aliphatic heterocycles. The SMILES string of the molecule is CSc1nc2n(n1)[C@@H](c1ccco1)C=C(c1cccc([N+](=O)[O-])c1)N2. The third-order valence-corrected chi connectivity index (χ3v) is 4.37. The maximum absolute atomic E-state index is 11.0. The Morgan fingerprint density at radius 2 is 2.24 bits per heavy atom. The molecule has 126 valence electrons. The first kappa shape index (κ1) is 15.5. The lowest BCUT2D eigenvalue weighted by molar-refractivity contribution is -0.384. The third kappa shape index (κ3) is 2.78. The molecule has 1 aromatic carbocycles. The number of hydrogen-bond acceptors (Lipinski definition) is 7. The van der Waals surface area contributed by atoms with Crippen molar-refractivity contribution in [3.8, 4) is 0 Å². The van der Waals surface area contributed by atoms with Crippen LogP contribution in [0.4, 0.5) is 11.6 Å². The predicted octanol–water partition coefficient (Wildman–Crippen LogP) is 3.56. The van der Waals surface area contributed by atoms with Crippen LogP contribution in [0.5, 0.6) is 0 Å². The number of nitro benzene ring substituents is 1. The summed E-state index contributed by atoms with van der Waals surface area (Å²) in [6, 6.07) is 9.85. The zero-order valence-corrected chi connectivity index (χ0v) is 13.9. The summed E-state index contributed by atoms with van der Waals surface area (Å²) in [7, 11) is 0. The van der Waals surface area contributed by atoms with Crippen LogP contribution in [0.2, 0.25) is 0 Å². The Labute approximate surface area is 146 Å². The minimum atomic E-state index is -0.411. The van der Waals surface area contributed by atoms with E-state index in [4.69, 9.17) is 4.42 Å². The first-order chi connectivity index (χ1) is 12.2. The van der Waals surface area contributed by atoms with Crippen molar-refractivity contribution >= 4 is 29.1 Å². The smallest absolute Gasteiger partial charge is 0.270 e. The van der Waals surface area contributed by atoms with Gasteiger partial charge in [0.15, 0.2) is 0 Å². The van der Waals surface area contributed by atoms with Gasteiger partial charge in [0.2, 0.25) is 11.1 Å². The number of benzene rings is 1. The van der Waals surface area contributed by atoms with Gasteiger partial charge in [-0.3, -0.25) is 10.1 Å². The van der Waals surface area contributed by atoms with Gasteiger partial charge in [0.25, 0.3) is 5.69 Å². The number of allylic oxidation sites excluding steroid dienone is 1. The molecule has 0 amide bonds. The average molecular weight is 355 g/mol. The number of anilines is 1. The van der Waals surface area contributed by atoms with Gasteiger partial charge in [-0.25, -0.2) is 4.68 Å². The van der Waals surface area contributed by atoms with E-state index < -0.39 is 4.92 Å². The number of nitro groups is 1. The molecule has 0 saturated carbocycles. The van der Waals surface area contributed by atoms with Crippen LogP contribution in [-0.2, 0) is 0 Å². The molecule has 0 spiro atoms. The van der Waals surface area contributed by atoms with E-state index in [2.05, 4.69) is 15.4 Å². The van der Waals surface area contributed by atoms with Crippen LogP contribution in [0.3, 0.4) is 0 Å². The van der Waals surface area contributed by atoms with Crippen molar-refractivity contribution in [2.24, 2.45) is 0 Å². The van der Waals surface area contributed by atoms with E-state index in [1.807, 2.05) is 30.5 Å². The molecule has 9 heteroatoms. The Bertz CT molecular complexity index is 964. The van der Waals surface area contributed by atoms with Gasteiger partial charge in [-0.05, 0) is 24.5 Å². The first-order valence-electron chi connectivity index (χ1n) is 7.43. The molecule has 0 unspecified atom stereocenters. The van der Waals surface area contributed by atoms with Crippen molar-refractivity contribution in [1.82, 2.24) is 14.8 Å². The van der Waals surface area contributed by atoms with Crippen molar-refractivity contribution in [2.75, 3.05) is 11.6 Å². The second-order valence-corrected chi connectivity index (χ2v) is 6.11. The van der Waals surface area contributed by atoms with Crippen molar-refractivity contribution in [3.63, 3.8) is 0 Å². The normalized spacial score (nSPS) is 16.0. The number of nitrogens with zero attached hydrogens (tertiary/aromatic N) is 4. The highest BCUT2D eigenvalue weighted by molar-refractivity contribution is 7.98. The summed E-state index contributed by atoms with van der Waals surface area (Å²) >= 11 is 1.44. The minimum absolute atomic E-state index is 0.0339. The highest BCUT2D eigenvalue weighted by Crippen LogP contribution is 2.34. The maximum Gasteiger partial charge on any atom is 0.270 e. The van der Waals surface area contributed by atoms with Crippen LogP contribution in [-0.4, -0.2) is 25.9 Å². The predicted molar refractivity (Wildman–Crippen MR) is 93.3 cm³/mol. The number of aromatic nitrogens is 3. The summed E-state index contributed by atoms with van der Waals surface area (Å²) in [6.07, 6.45) is 5.42. The van der Waals surface area contributed by atoms with Crippen molar-refractivity contribution < 1.29 is 9.34 Å². The van der Waals surface area contributed by atoms with Gasteiger partial charge in [-0.15, -0.1) is 5.10 Å². The third-order valence-electron chi connectivity index (χ3n) is 3.83. The monoisotopic (exact) mass is 355 g/mol. The lowest BCUT2D eigenvalue weighted by Gasteiger charge is -2.22. The summed E-state index contributed by atoms with van der Waals surface area (Å²) < 4.78 is 7.28. The molecular weight excluding hydrogens is 342 g/mol. The Balaban J connectivity index is 1.81. The Morgan fingerprint density at radius 3 is 2.96 bits per heavy atom. The number of rotatable bonds is 4. The molecule has 0 bridgehead atoms. The molecule has 0 radical (unpaired) electrons. The molecule has 8 nitrogen and oxygen atoms in total. The molecule has 4 rings (SSSR count). The standard InChI is InChI=1S/C16H13N5O3S/c1-25-16-18-15-17-12(10-4-2-5-11(8-10)21(22)23)9-13(20(15)19-16)14-6-3-7-24-14/h2-9,13H,1H3,(H,17,18,19)/t13-/m1/s1. The Morgan fingerprint density at radius 1 is 1.36 bits per heavy atom. The van der Waals surface area contributed by atoms with Gasteiger partial charge < -0.3 is 9.73 Å². The van der Waals surface area contributed by atoms with E-state index in [-0.39, 0.29) is 11.7 Å². The summed E-state index contributed by atoms with van der Waals surface area (Å²) in [5.74, 6) is 1.28. The molecule has 3 aromatic rings. The van der Waals surface area contributed by atoms with Crippen LogP contribution in [0.25, 0.3) is 5.70 Å². The zero-order valence-electron chi connectivity index (χ0n) is 13.1. The summed E-state index contributed by atoms with van der Waals surface area (Å²) in [5.41, 5.74) is 1.45. The van der Waals surface area contributed by atoms with Gasteiger partial charge in [-0.2, -0.15) is 4.98 Å². The Kier molecular flexibility index (Phi) is 3.77. The largest absolute Gasteiger partial charge is 0.467 e. The van der Waals surface area contributed by atoms with Crippen LogP contribution in [0.15, 0.2) is 58.3 Å². The fraction of sp³-hybridized carbons (Fsp3) is 0.125. The molecule has 0 fully saturated rings. The summed E-state index contributed by atoms with van der Waals surface area (Å²) in [4.78, 5) is 15.1. The summed E-state index contributed by atoms with van der Waals surface area (Å²) in [5, 5.41) is 19.4. The number of non-ortho nitro benzene ring substituents is 1.